The standard InChI is InChI=1S/C17H13ClN4O2/c18-12-6-2-1-5-11(12)17-21-20-16(24-17)9-22-14-8-4-3-7-13(14)19-15(22)10-23/h1-8,23H,9-10H2. The van der Waals surface area contributed by atoms with Crippen molar-refractivity contribution in [2.45, 2.75) is 13.2 Å². The van der Waals surface area contributed by atoms with Gasteiger partial charge in [0.15, 0.2) is 0 Å². The Labute approximate surface area is 142 Å². The average Bonchev–Trinajstić information content (AvgIpc) is 3.21. The lowest BCUT2D eigenvalue weighted by Crippen LogP contribution is -2.05. The summed E-state index contributed by atoms with van der Waals surface area (Å²) < 4.78 is 7.60. The van der Waals surface area contributed by atoms with Gasteiger partial charge in [-0.05, 0) is 24.3 Å². The van der Waals surface area contributed by atoms with E-state index >= 15 is 0 Å². The summed E-state index contributed by atoms with van der Waals surface area (Å²) in [6.45, 7) is 0.161. The van der Waals surface area contributed by atoms with Gasteiger partial charge in [-0.1, -0.05) is 35.9 Å². The molecule has 120 valence electrons. The fraction of sp³-hybridized carbons (Fsp3) is 0.118. The quantitative estimate of drug-likeness (QED) is 0.617. The average molecular weight is 341 g/mol. The van der Waals surface area contributed by atoms with Crippen molar-refractivity contribution < 1.29 is 9.52 Å². The number of rotatable bonds is 4. The summed E-state index contributed by atoms with van der Waals surface area (Å²) in [4.78, 5) is 4.41. The van der Waals surface area contributed by atoms with Crippen LogP contribution in [0.2, 0.25) is 5.02 Å². The third kappa shape index (κ3) is 2.55. The summed E-state index contributed by atoms with van der Waals surface area (Å²) in [6, 6.07) is 15.0. The van der Waals surface area contributed by atoms with E-state index in [-0.39, 0.29) is 6.61 Å². The van der Waals surface area contributed by atoms with Crippen LogP contribution in [-0.4, -0.2) is 24.9 Å². The maximum absolute atomic E-state index is 9.55. The number of hydrogen-bond acceptors (Lipinski definition) is 5. The molecule has 6 nitrogen and oxygen atoms in total. The predicted molar refractivity (Wildman–Crippen MR) is 89.5 cm³/mol. The highest BCUT2D eigenvalue weighted by Gasteiger charge is 2.15. The van der Waals surface area contributed by atoms with Gasteiger partial charge in [-0.3, -0.25) is 0 Å². The molecule has 24 heavy (non-hydrogen) atoms. The van der Waals surface area contributed by atoms with Crippen molar-refractivity contribution in [3.05, 3.63) is 65.3 Å². The topological polar surface area (TPSA) is 77.0 Å². The number of para-hydroxylation sites is 2. The molecule has 0 fully saturated rings. The van der Waals surface area contributed by atoms with E-state index in [2.05, 4.69) is 15.2 Å². The molecule has 2 aromatic carbocycles. The third-order valence-corrected chi connectivity index (χ3v) is 4.07. The van der Waals surface area contributed by atoms with Gasteiger partial charge in [0.2, 0.25) is 11.8 Å². The Bertz CT molecular complexity index is 1010. The maximum Gasteiger partial charge on any atom is 0.249 e. The normalized spacial score (nSPS) is 11.2. The fourth-order valence-corrected chi connectivity index (χ4v) is 2.84. The number of imidazole rings is 1. The first-order valence-electron chi connectivity index (χ1n) is 7.38. The van der Waals surface area contributed by atoms with E-state index in [4.69, 9.17) is 16.0 Å². The third-order valence-electron chi connectivity index (χ3n) is 3.74. The van der Waals surface area contributed by atoms with Crippen LogP contribution in [0.4, 0.5) is 0 Å². The summed E-state index contributed by atoms with van der Waals surface area (Å²) in [5.74, 6) is 1.34. The second-order valence-corrected chi connectivity index (χ2v) is 5.65. The lowest BCUT2D eigenvalue weighted by molar-refractivity contribution is 0.266. The highest BCUT2D eigenvalue weighted by Crippen LogP contribution is 2.26. The zero-order valence-corrected chi connectivity index (χ0v) is 13.3. The van der Waals surface area contributed by atoms with Crippen LogP contribution in [0.5, 0.6) is 0 Å². The van der Waals surface area contributed by atoms with Crippen LogP contribution < -0.4 is 0 Å². The molecule has 1 N–H and O–H groups in total. The molecule has 7 heteroatoms. The van der Waals surface area contributed by atoms with E-state index in [0.717, 1.165) is 11.0 Å². The minimum atomic E-state index is -0.166. The first kappa shape index (κ1) is 14.9. The van der Waals surface area contributed by atoms with E-state index in [9.17, 15) is 5.11 Å². The van der Waals surface area contributed by atoms with Crippen LogP contribution in [-0.2, 0) is 13.2 Å². The summed E-state index contributed by atoms with van der Waals surface area (Å²) >= 11 is 6.16. The second kappa shape index (κ2) is 6.07. The molecule has 0 saturated carbocycles. The van der Waals surface area contributed by atoms with Crippen molar-refractivity contribution in [1.29, 1.82) is 0 Å². The molecule has 0 saturated heterocycles. The first-order valence-corrected chi connectivity index (χ1v) is 7.76. The van der Waals surface area contributed by atoms with Crippen LogP contribution in [0.1, 0.15) is 11.7 Å². The zero-order valence-electron chi connectivity index (χ0n) is 12.6. The van der Waals surface area contributed by atoms with E-state index in [0.29, 0.717) is 34.7 Å². The molecular formula is C17H13ClN4O2. The summed E-state index contributed by atoms with van der Waals surface area (Å²) in [5.41, 5.74) is 2.40. The summed E-state index contributed by atoms with van der Waals surface area (Å²) in [6.07, 6.45) is 0. The van der Waals surface area contributed by atoms with Crippen molar-refractivity contribution in [2.75, 3.05) is 0 Å². The van der Waals surface area contributed by atoms with Crippen molar-refractivity contribution in [2.24, 2.45) is 0 Å². The maximum atomic E-state index is 9.55. The van der Waals surface area contributed by atoms with Crippen molar-refractivity contribution in [3.8, 4) is 11.5 Å². The molecule has 0 unspecified atom stereocenters. The van der Waals surface area contributed by atoms with Gasteiger partial charge in [0.05, 0.1) is 21.6 Å². The van der Waals surface area contributed by atoms with E-state index in [1.165, 1.54) is 0 Å². The Morgan fingerprint density at radius 1 is 1.04 bits per heavy atom. The Balaban J connectivity index is 1.71. The lowest BCUT2D eigenvalue weighted by atomic mass is 10.2. The van der Waals surface area contributed by atoms with Crippen LogP contribution >= 0.6 is 11.6 Å². The molecule has 0 atom stereocenters. The highest BCUT2D eigenvalue weighted by molar-refractivity contribution is 6.33. The molecule has 0 bridgehead atoms. The summed E-state index contributed by atoms with van der Waals surface area (Å²) in [5, 5.41) is 18.3. The second-order valence-electron chi connectivity index (χ2n) is 5.24. The molecule has 0 aliphatic rings. The van der Waals surface area contributed by atoms with Gasteiger partial charge in [0.25, 0.3) is 0 Å². The Morgan fingerprint density at radius 2 is 1.83 bits per heavy atom. The molecular weight excluding hydrogens is 328 g/mol. The van der Waals surface area contributed by atoms with E-state index < -0.39 is 0 Å². The minimum Gasteiger partial charge on any atom is -0.419 e. The highest BCUT2D eigenvalue weighted by atomic mass is 35.5. The van der Waals surface area contributed by atoms with Gasteiger partial charge >= 0.3 is 0 Å². The molecule has 0 aliphatic carbocycles. The number of halogens is 1. The van der Waals surface area contributed by atoms with Crippen molar-refractivity contribution in [3.63, 3.8) is 0 Å². The summed E-state index contributed by atoms with van der Waals surface area (Å²) in [7, 11) is 0. The monoisotopic (exact) mass is 340 g/mol. The number of aromatic nitrogens is 4. The number of benzene rings is 2. The van der Waals surface area contributed by atoms with Gasteiger partial charge < -0.3 is 14.1 Å². The van der Waals surface area contributed by atoms with Gasteiger partial charge in [-0.2, -0.15) is 0 Å². The van der Waals surface area contributed by atoms with Crippen LogP contribution in [0.3, 0.4) is 0 Å². The fourth-order valence-electron chi connectivity index (χ4n) is 2.62. The molecule has 0 aliphatic heterocycles. The molecule has 2 aromatic heterocycles. The van der Waals surface area contributed by atoms with Crippen molar-refractivity contribution in [1.82, 2.24) is 19.7 Å². The van der Waals surface area contributed by atoms with Crippen LogP contribution in [0.25, 0.3) is 22.5 Å². The lowest BCUT2D eigenvalue weighted by Gasteiger charge is -2.04. The minimum absolute atomic E-state index is 0.166. The predicted octanol–water partition coefficient (Wildman–Crippen LogP) is 3.28. The molecule has 0 radical (unpaired) electrons. The van der Waals surface area contributed by atoms with Crippen molar-refractivity contribution >= 4 is 22.6 Å². The SMILES string of the molecule is OCc1nc2ccccc2n1Cc1nnc(-c2ccccc2Cl)o1. The van der Waals surface area contributed by atoms with Gasteiger partial charge in [0.1, 0.15) is 19.0 Å². The number of aliphatic hydroxyl groups excluding tert-OH is 1. The molecule has 2 heterocycles. The van der Waals surface area contributed by atoms with Gasteiger partial charge in [0, 0.05) is 0 Å². The van der Waals surface area contributed by atoms with E-state index in [1.807, 2.05) is 47.0 Å². The van der Waals surface area contributed by atoms with Crippen LogP contribution in [0.15, 0.2) is 52.9 Å². The smallest absolute Gasteiger partial charge is 0.249 e. The zero-order chi connectivity index (χ0) is 16.5. The van der Waals surface area contributed by atoms with Crippen LogP contribution in [0, 0.1) is 0 Å². The number of nitrogens with zero attached hydrogens (tertiary/aromatic N) is 4. The molecule has 0 amide bonds. The number of fused-ring (bicyclic) bond motifs is 1. The first-order chi connectivity index (χ1) is 11.8. The molecule has 0 spiro atoms. The van der Waals surface area contributed by atoms with Gasteiger partial charge in [-0.25, -0.2) is 4.98 Å². The Kier molecular flexibility index (Phi) is 3.76. The Morgan fingerprint density at radius 3 is 2.67 bits per heavy atom. The number of aliphatic hydroxyl groups is 1. The molecule has 4 rings (SSSR count). The molecule has 4 aromatic rings. The van der Waals surface area contributed by atoms with Gasteiger partial charge in [-0.15, -0.1) is 10.2 Å². The van der Waals surface area contributed by atoms with E-state index in [1.54, 1.807) is 6.07 Å². The largest absolute Gasteiger partial charge is 0.419 e. The number of hydrogen-bond donors (Lipinski definition) is 1. The Hall–Kier alpha value is -2.70.